The molecule has 25 heavy (non-hydrogen) atoms. The van der Waals surface area contributed by atoms with Crippen LogP contribution in [0, 0.1) is 12.7 Å². The van der Waals surface area contributed by atoms with E-state index in [0.29, 0.717) is 16.9 Å². The minimum atomic E-state index is -0.328. The molecule has 3 rings (SSSR count). The van der Waals surface area contributed by atoms with Crippen LogP contribution < -0.4 is 10.6 Å². The zero-order valence-corrected chi connectivity index (χ0v) is 13.7. The molecule has 2 aromatic carbocycles. The molecule has 0 saturated heterocycles. The lowest BCUT2D eigenvalue weighted by atomic mass is 10.2. The van der Waals surface area contributed by atoms with Crippen LogP contribution in [0.1, 0.15) is 21.7 Å². The molecule has 1 heterocycles. The molecule has 1 amide bonds. The summed E-state index contributed by atoms with van der Waals surface area (Å²) in [6.45, 7) is 2.01. The highest BCUT2D eigenvalue weighted by Crippen LogP contribution is 2.12. The maximum absolute atomic E-state index is 13.7. The summed E-state index contributed by atoms with van der Waals surface area (Å²) >= 11 is 0. The van der Waals surface area contributed by atoms with Gasteiger partial charge in [-0.1, -0.05) is 36.4 Å². The van der Waals surface area contributed by atoms with E-state index < -0.39 is 0 Å². The van der Waals surface area contributed by atoms with Gasteiger partial charge >= 0.3 is 0 Å². The molecule has 3 aromatic rings. The van der Waals surface area contributed by atoms with E-state index >= 15 is 0 Å². The molecule has 0 spiro atoms. The first-order valence-electron chi connectivity index (χ1n) is 7.81. The number of hydrogen-bond acceptors (Lipinski definition) is 4. The maximum Gasteiger partial charge on any atom is 0.274 e. The number of carbonyl (C=O) groups is 1. The van der Waals surface area contributed by atoms with Crippen molar-refractivity contribution in [1.82, 2.24) is 9.97 Å². The summed E-state index contributed by atoms with van der Waals surface area (Å²) in [5.41, 5.74) is 2.07. The van der Waals surface area contributed by atoms with Gasteiger partial charge in [0, 0.05) is 23.5 Å². The van der Waals surface area contributed by atoms with Crippen LogP contribution in [0.5, 0.6) is 0 Å². The van der Waals surface area contributed by atoms with Gasteiger partial charge in [0.05, 0.1) is 0 Å². The van der Waals surface area contributed by atoms with Gasteiger partial charge in [-0.25, -0.2) is 14.4 Å². The molecule has 0 aliphatic carbocycles. The summed E-state index contributed by atoms with van der Waals surface area (Å²) in [7, 11) is 0. The number of amides is 1. The minimum absolute atomic E-state index is 0.232. The van der Waals surface area contributed by atoms with E-state index in [1.54, 1.807) is 43.3 Å². The third-order valence-electron chi connectivity index (χ3n) is 3.51. The first kappa shape index (κ1) is 16.6. The fourth-order valence-corrected chi connectivity index (χ4v) is 2.30. The summed E-state index contributed by atoms with van der Waals surface area (Å²) in [4.78, 5) is 20.8. The van der Waals surface area contributed by atoms with E-state index in [-0.39, 0.29) is 29.9 Å². The standard InChI is InChI=1S/C19H17FN4O/c1-13-11-17(18(25)23-15-8-3-2-4-9-15)24-19(22-13)21-12-14-7-5-6-10-16(14)20/h2-11H,12H2,1H3,(H,23,25)(H,21,22,24). The van der Waals surface area contributed by atoms with Crippen LogP contribution in [0.25, 0.3) is 0 Å². The first-order valence-corrected chi connectivity index (χ1v) is 7.81. The first-order chi connectivity index (χ1) is 12.1. The van der Waals surface area contributed by atoms with Gasteiger partial charge in [-0.05, 0) is 31.2 Å². The Morgan fingerprint density at radius 1 is 1.04 bits per heavy atom. The number of aromatic nitrogens is 2. The Bertz CT molecular complexity index is 884. The van der Waals surface area contributed by atoms with Crippen molar-refractivity contribution in [1.29, 1.82) is 0 Å². The Hall–Kier alpha value is -3.28. The number of anilines is 2. The second-order valence-corrected chi connectivity index (χ2v) is 5.48. The third kappa shape index (κ3) is 4.38. The molecule has 0 radical (unpaired) electrons. The molecule has 2 N–H and O–H groups in total. The van der Waals surface area contributed by atoms with E-state index in [2.05, 4.69) is 20.6 Å². The zero-order valence-electron chi connectivity index (χ0n) is 13.7. The lowest BCUT2D eigenvalue weighted by Gasteiger charge is -2.09. The smallest absolute Gasteiger partial charge is 0.274 e. The molecule has 0 aliphatic rings. The fourth-order valence-electron chi connectivity index (χ4n) is 2.30. The van der Waals surface area contributed by atoms with Crippen LogP contribution in [0.3, 0.4) is 0 Å². The molecule has 0 unspecified atom stereocenters. The van der Waals surface area contributed by atoms with Crippen molar-refractivity contribution in [2.75, 3.05) is 10.6 Å². The van der Waals surface area contributed by atoms with Gasteiger partial charge < -0.3 is 10.6 Å². The predicted molar refractivity (Wildman–Crippen MR) is 94.9 cm³/mol. The summed E-state index contributed by atoms with van der Waals surface area (Å²) in [6.07, 6.45) is 0. The number of hydrogen-bond donors (Lipinski definition) is 2. The van der Waals surface area contributed by atoms with Crippen LogP contribution >= 0.6 is 0 Å². The highest BCUT2D eigenvalue weighted by atomic mass is 19.1. The quantitative estimate of drug-likeness (QED) is 0.744. The Balaban J connectivity index is 1.74. The van der Waals surface area contributed by atoms with Gasteiger partial charge in [-0.15, -0.1) is 0 Å². The van der Waals surface area contributed by atoms with E-state index in [4.69, 9.17) is 0 Å². The van der Waals surface area contributed by atoms with Gasteiger partial charge in [-0.2, -0.15) is 0 Å². The molecular weight excluding hydrogens is 319 g/mol. The van der Waals surface area contributed by atoms with Crippen molar-refractivity contribution in [2.45, 2.75) is 13.5 Å². The highest BCUT2D eigenvalue weighted by Gasteiger charge is 2.11. The molecule has 0 atom stereocenters. The SMILES string of the molecule is Cc1cc(C(=O)Nc2ccccc2)nc(NCc2ccccc2F)n1. The van der Waals surface area contributed by atoms with Crippen LogP contribution in [-0.2, 0) is 6.54 Å². The van der Waals surface area contributed by atoms with Crippen molar-refractivity contribution < 1.29 is 9.18 Å². The lowest BCUT2D eigenvalue weighted by molar-refractivity contribution is 0.102. The van der Waals surface area contributed by atoms with Crippen molar-refractivity contribution in [3.05, 3.63) is 83.4 Å². The summed E-state index contributed by atoms with van der Waals surface area (Å²) in [5, 5.41) is 5.74. The summed E-state index contributed by atoms with van der Waals surface area (Å²) in [6, 6.07) is 17.2. The average molecular weight is 336 g/mol. The molecule has 126 valence electrons. The number of nitrogens with zero attached hydrogens (tertiary/aromatic N) is 2. The molecule has 0 bridgehead atoms. The zero-order chi connectivity index (χ0) is 17.6. The van der Waals surface area contributed by atoms with Crippen molar-refractivity contribution in [3.8, 4) is 0 Å². The van der Waals surface area contributed by atoms with Gasteiger partial charge in [0.1, 0.15) is 11.5 Å². The van der Waals surface area contributed by atoms with Gasteiger partial charge in [0.2, 0.25) is 5.95 Å². The van der Waals surface area contributed by atoms with Crippen LogP contribution in [0.2, 0.25) is 0 Å². The number of nitrogens with one attached hydrogen (secondary N) is 2. The molecule has 0 saturated carbocycles. The molecule has 6 heteroatoms. The normalized spacial score (nSPS) is 10.3. The number of rotatable bonds is 5. The van der Waals surface area contributed by atoms with Crippen LogP contribution in [-0.4, -0.2) is 15.9 Å². The number of para-hydroxylation sites is 1. The molecule has 0 aliphatic heterocycles. The van der Waals surface area contributed by atoms with Crippen LogP contribution in [0.15, 0.2) is 60.7 Å². The minimum Gasteiger partial charge on any atom is -0.350 e. The van der Waals surface area contributed by atoms with Gasteiger partial charge in [0.25, 0.3) is 5.91 Å². The number of aryl methyl sites for hydroxylation is 1. The monoisotopic (exact) mass is 336 g/mol. The lowest BCUT2D eigenvalue weighted by Crippen LogP contribution is -2.16. The third-order valence-corrected chi connectivity index (χ3v) is 3.51. The average Bonchev–Trinajstić information content (AvgIpc) is 2.61. The maximum atomic E-state index is 13.7. The molecule has 5 nitrogen and oxygen atoms in total. The Morgan fingerprint density at radius 3 is 2.52 bits per heavy atom. The second-order valence-electron chi connectivity index (χ2n) is 5.48. The molecule has 0 fully saturated rings. The van der Waals surface area contributed by atoms with Crippen molar-refractivity contribution in [2.24, 2.45) is 0 Å². The van der Waals surface area contributed by atoms with Crippen LogP contribution in [0.4, 0.5) is 16.0 Å². The Labute approximate surface area is 145 Å². The summed E-state index contributed by atoms with van der Waals surface area (Å²) in [5.74, 6) is -0.350. The highest BCUT2D eigenvalue weighted by molar-refractivity contribution is 6.03. The van der Waals surface area contributed by atoms with E-state index in [9.17, 15) is 9.18 Å². The fraction of sp³-hybridized carbons (Fsp3) is 0.105. The number of halogens is 1. The number of benzene rings is 2. The molecular formula is C19H17FN4O. The van der Waals surface area contributed by atoms with Crippen molar-refractivity contribution in [3.63, 3.8) is 0 Å². The largest absolute Gasteiger partial charge is 0.350 e. The Kier molecular flexibility index (Phi) is 4.99. The van der Waals surface area contributed by atoms with Gasteiger partial charge in [-0.3, -0.25) is 4.79 Å². The Morgan fingerprint density at radius 2 is 1.76 bits per heavy atom. The van der Waals surface area contributed by atoms with E-state index in [1.807, 2.05) is 18.2 Å². The summed E-state index contributed by atoms with van der Waals surface area (Å²) < 4.78 is 13.7. The molecule has 1 aromatic heterocycles. The van der Waals surface area contributed by atoms with E-state index in [1.165, 1.54) is 6.07 Å². The van der Waals surface area contributed by atoms with E-state index in [0.717, 1.165) is 0 Å². The van der Waals surface area contributed by atoms with Gasteiger partial charge in [0.15, 0.2) is 0 Å². The predicted octanol–water partition coefficient (Wildman–Crippen LogP) is 3.79. The second kappa shape index (κ2) is 7.53. The topological polar surface area (TPSA) is 66.9 Å². The number of carbonyl (C=O) groups excluding carboxylic acids is 1. The van der Waals surface area contributed by atoms with Crippen molar-refractivity contribution >= 4 is 17.5 Å².